The molecule has 0 unspecified atom stereocenters. The Morgan fingerprint density at radius 2 is 1.79 bits per heavy atom. The minimum absolute atomic E-state index is 0.123. The van der Waals surface area contributed by atoms with Gasteiger partial charge in [0.15, 0.2) is 11.5 Å². The van der Waals surface area contributed by atoms with Gasteiger partial charge in [-0.3, -0.25) is 4.79 Å². The summed E-state index contributed by atoms with van der Waals surface area (Å²) in [5.74, 6) is 0.639. The van der Waals surface area contributed by atoms with Gasteiger partial charge in [-0.25, -0.2) is 8.42 Å². The average molecular weight is 404 g/mol. The van der Waals surface area contributed by atoms with Gasteiger partial charge in [0.05, 0.1) is 25.0 Å². The van der Waals surface area contributed by atoms with Gasteiger partial charge in [-0.15, -0.1) is 0 Å². The van der Waals surface area contributed by atoms with Crippen LogP contribution in [-0.2, 0) is 21.4 Å². The average Bonchev–Trinajstić information content (AvgIpc) is 2.99. The first-order chi connectivity index (χ1) is 13.3. The third-order valence-electron chi connectivity index (χ3n) is 4.94. The van der Waals surface area contributed by atoms with E-state index in [1.165, 1.54) is 17.5 Å². The molecule has 0 saturated heterocycles. The van der Waals surface area contributed by atoms with Crippen molar-refractivity contribution in [2.75, 3.05) is 26.1 Å². The summed E-state index contributed by atoms with van der Waals surface area (Å²) >= 11 is 0. The Labute approximate surface area is 165 Å². The van der Waals surface area contributed by atoms with E-state index in [1.807, 2.05) is 6.07 Å². The van der Waals surface area contributed by atoms with Crippen LogP contribution in [0.2, 0.25) is 0 Å². The van der Waals surface area contributed by atoms with Gasteiger partial charge in [0.2, 0.25) is 15.9 Å². The van der Waals surface area contributed by atoms with E-state index in [4.69, 9.17) is 9.47 Å². The third-order valence-corrected chi connectivity index (χ3v) is 6.85. The van der Waals surface area contributed by atoms with Crippen molar-refractivity contribution in [2.24, 2.45) is 0 Å². The van der Waals surface area contributed by atoms with Gasteiger partial charge < -0.3 is 14.8 Å². The summed E-state index contributed by atoms with van der Waals surface area (Å²) in [5, 5.41) is 2.76. The number of carbonyl (C=O) groups is 1. The molecule has 0 bridgehead atoms. The summed E-state index contributed by atoms with van der Waals surface area (Å²) in [4.78, 5) is 12.0. The molecule has 0 aliphatic carbocycles. The molecule has 0 saturated carbocycles. The van der Waals surface area contributed by atoms with Crippen LogP contribution in [0.4, 0.5) is 5.69 Å². The lowest BCUT2D eigenvalue weighted by molar-refractivity contribution is -0.116. The van der Waals surface area contributed by atoms with Crippen LogP contribution in [0.25, 0.3) is 0 Å². The van der Waals surface area contributed by atoms with Crippen molar-refractivity contribution in [1.82, 2.24) is 4.31 Å². The number of methoxy groups -OCH3 is 2. The maximum atomic E-state index is 13.2. The van der Waals surface area contributed by atoms with Crippen LogP contribution in [0.3, 0.4) is 0 Å². The molecule has 1 atom stereocenters. The number of amides is 1. The molecule has 150 valence electrons. The number of hydrogen-bond acceptors (Lipinski definition) is 5. The number of benzene rings is 2. The van der Waals surface area contributed by atoms with Gasteiger partial charge in [-0.1, -0.05) is 13.0 Å². The van der Waals surface area contributed by atoms with E-state index in [9.17, 15) is 13.2 Å². The SMILES string of the molecule is CCN(Cc1ccc(OC)c(OC)c1)S(=O)(=O)c1ccc2c(c1)[C@H](C)C(=O)N2. The first-order valence-electron chi connectivity index (χ1n) is 8.97. The van der Waals surface area contributed by atoms with Crippen molar-refractivity contribution in [3.63, 3.8) is 0 Å². The van der Waals surface area contributed by atoms with Gasteiger partial charge in [0.25, 0.3) is 0 Å². The molecule has 0 radical (unpaired) electrons. The maximum absolute atomic E-state index is 13.2. The van der Waals surface area contributed by atoms with Crippen LogP contribution in [0.15, 0.2) is 41.3 Å². The normalized spacial score (nSPS) is 16.0. The molecule has 0 aromatic heterocycles. The van der Waals surface area contributed by atoms with E-state index in [1.54, 1.807) is 45.2 Å². The van der Waals surface area contributed by atoms with Crippen LogP contribution < -0.4 is 14.8 Å². The fourth-order valence-corrected chi connectivity index (χ4v) is 4.73. The lowest BCUT2D eigenvalue weighted by atomic mass is 10.0. The quantitative estimate of drug-likeness (QED) is 0.767. The van der Waals surface area contributed by atoms with Crippen LogP contribution in [0.5, 0.6) is 11.5 Å². The zero-order chi connectivity index (χ0) is 20.5. The zero-order valence-corrected chi connectivity index (χ0v) is 17.2. The predicted octanol–water partition coefficient (Wildman–Crippen LogP) is 2.97. The fraction of sp³-hybridized carbons (Fsp3) is 0.350. The van der Waals surface area contributed by atoms with E-state index in [2.05, 4.69) is 5.32 Å². The standard InChI is InChI=1S/C20H24N2O5S/c1-5-22(12-14-6-9-18(26-3)19(10-14)27-4)28(24,25)15-7-8-17-16(11-15)13(2)20(23)21-17/h6-11,13H,5,12H2,1-4H3,(H,21,23)/t13-/m0/s1. The molecule has 2 aromatic carbocycles. The van der Waals surface area contributed by atoms with Crippen molar-refractivity contribution < 1.29 is 22.7 Å². The van der Waals surface area contributed by atoms with Crippen LogP contribution in [0.1, 0.15) is 30.9 Å². The molecule has 1 aliphatic heterocycles. The number of nitrogens with zero attached hydrogens (tertiary/aromatic N) is 1. The predicted molar refractivity (Wildman–Crippen MR) is 106 cm³/mol. The number of rotatable bonds is 7. The molecule has 8 heteroatoms. The topological polar surface area (TPSA) is 84.9 Å². The lowest BCUT2D eigenvalue weighted by Gasteiger charge is -2.21. The Balaban J connectivity index is 1.91. The smallest absolute Gasteiger partial charge is 0.243 e. The number of hydrogen-bond donors (Lipinski definition) is 1. The molecular formula is C20H24N2O5S. The number of fused-ring (bicyclic) bond motifs is 1. The summed E-state index contributed by atoms with van der Waals surface area (Å²) in [7, 11) is -0.636. The Morgan fingerprint density at radius 3 is 2.43 bits per heavy atom. The summed E-state index contributed by atoms with van der Waals surface area (Å²) in [5.41, 5.74) is 2.15. The largest absolute Gasteiger partial charge is 0.493 e. The molecule has 2 aromatic rings. The third kappa shape index (κ3) is 3.57. The highest BCUT2D eigenvalue weighted by Gasteiger charge is 2.30. The maximum Gasteiger partial charge on any atom is 0.243 e. The number of nitrogens with one attached hydrogen (secondary N) is 1. The second-order valence-corrected chi connectivity index (χ2v) is 8.52. The van der Waals surface area contributed by atoms with Gasteiger partial charge in [-0.05, 0) is 48.4 Å². The van der Waals surface area contributed by atoms with Crippen molar-refractivity contribution >= 4 is 21.6 Å². The number of carbonyl (C=O) groups excluding carboxylic acids is 1. The molecule has 1 amide bonds. The molecule has 28 heavy (non-hydrogen) atoms. The lowest BCUT2D eigenvalue weighted by Crippen LogP contribution is -2.30. The van der Waals surface area contributed by atoms with E-state index in [-0.39, 0.29) is 23.3 Å². The van der Waals surface area contributed by atoms with Crippen molar-refractivity contribution in [3.05, 3.63) is 47.5 Å². The van der Waals surface area contributed by atoms with Gasteiger partial charge in [0.1, 0.15) is 0 Å². The summed E-state index contributed by atoms with van der Waals surface area (Å²) in [6, 6.07) is 10.1. The first-order valence-corrected chi connectivity index (χ1v) is 10.4. The monoisotopic (exact) mass is 404 g/mol. The summed E-state index contributed by atoms with van der Waals surface area (Å²) in [6.45, 7) is 4.06. The summed E-state index contributed by atoms with van der Waals surface area (Å²) < 4.78 is 38.3. The van der Waals surface area contributed by atoms with E-state index >= 15 is 0 Å². The van der Waals surface area contributed by atoms with Crippen molar-refractivity contribution in [2.45, 2.75) is 31.2 Å². The Morgan fingerprint density at radius 1 is 1.07 bits per heavy atom. The molecule has 1 heterocycles. The molecule has 1 N–H and O–H groups in total. The fourth-order valence-electron chi connectivity index (χ4n) is 3.25. The van der Waals surface area contributed by atoms with E-state index < -0.39 is 10.0 Å². The minimum atomic E-state index is -3.72. The van der Waals surface area contributed by atoms with Gasteiger partial charge in [0, 0.05) is 18.8 Å². The Hall–Kier alpha value is -2.58. The molecule has 0 fully saturated rings. The van der Waals surface area contributed by atoms with E-state index in [0.717, 1.165) is 5.56 Å². The van der Waals surface area contributed by atoms with Crippen LogP contribution >= 0.6 is 0 Å². The minimum Gasteiger partial charge on any atom is -0.493 e. The van der Waals surface area contributed by atoms with Crippen LogP contribution in [0, 0.1) is 0 Å². The number of anilines is 1. The van der Waals surface area contributed by atoms with Gasteiger partial charge in [-0.2, -0.15) is 4.31 Å². The van der Waals surface area contributed by atoms with E-state index in [0.29, 0.717) is 29.3 Å². The molecule has 3 rings (SSSR count). The van der Waals surface area contributed by atoms with Gasteiger partial charge >= 0.3 is 0 Å². The molecular weight excluding hydrogens is 380 g/mol. The number of sulfonamides is 1. The zero-order valence-electron chi connectivity index (χ0n) is 16.4. The Bertz CT molecular complexity index is 1000. The molecule has 0 spiro atoms. The van der Waals surface area contributed by atoms with Crippen LogP contribution in [-0.4, -0.2) is 39.4 Å². The number of ether oxygens (including phenoxy) is 2. The second-order valence-electron chi connectivity index (χ2n) is 6.58. The molecule has 7 nitrogen and oxygen atoms in total. The highest BCUT2D eigenvalue weighted by molar-refractivity contribution is 7.89. The van der Waals surface area contributed by atoms with Crippen molar-refractivity contribution in [1.29, 1.82) is 0 Å². The first kappa shape index (κ1) is 20.2. The van der Waals surface area contributed by atoms with Crippen molar-refractivity contribution in [3.8, 4) is 11.5 Å². The summed E-state index contributed by atoms with van der Waals surface area (Å²) in [6.07, 6.45) is 0. The molecule has 1 aliphatic rings. The second kappa shape index (κ2) is 7.81. The highest BCUT2D eigenvalue weighted by Crippen LogP contribution is 2.35. The Kier molecular flexibility index (Phi) is 5.62. The highest BCUT2D eigenvalue weighted by atomic mass is 32.2.